The van der Waals surface area contributed by atoms with Crippen molar-refractivity contribution in [1.82, 2.24) is 24.6 Å². The van der Waals surface area contributed by atoms with Gasteiger partial charge in [-0.15, -0.1) is 0 Å². The minimum atomic E-state index is -3.58. The van der Waals surface area contributed by atoms with Crippen molar-refractivity contribution in [2.75, 3.05) is 30.8 Å². The highest BCUT2D eigenvalue weighted by Crippen LogP contribution is 2.27. The fraction of sp³-hybridized carbons (Fsp3) is 0.538. The van der Waals surface area contributed by atoms with Crippen LogP contribution in [0.15, 0.2) is 11.4 Å². The number of fused-ring (bicyclic) bond motifs is 1. The molecular formula is C13H18N6O4S. The van der Waals surface area contributed by atoms with Crippen LogP contribution >= 0.6 is 0 Å². The maximum atomic E-state index is 11.9. The molecule has 0 aliphatic carbocycles. The number of anilines is 1. The third-order valence-corrected chi connectivity index (χ3v) is 4.90. The van der Waals surface area contributed by atoms with Crippen LogP contribution in [-0.2, 0) is 16.9 Å². The Morgan fingerprint density at radius 2 is 2.04 bits per heavy atom. The maximum absolute atomic E-state index is 11.9. The van der Waals surface area contributed by atoms with Crippen LogP contribution in [0.5, 0.6) is 0 Å². The molecule has 10 nitrogen and oxygen atoms in total. The van der Waals surface area contributed by atoms with Gasteiger partial charge in [-0.2, -0.15) is 10.1 Å². The second-order valence-electron chi connectivity index (χ2n) is 5.87. The molecule has 0 unspecified atom stereocenters. The lowest BCUT2D eigenvalue weighted by atomic mass is 10.2. The molecule has 2 aromatic heterocycles. The van der Waals surface area contributed by atoms with E-state index in [0.717, 1.165) is 6.26 Å². The summed E-state index contributed by atoms with van der Waals surface area (Å²) in [6.07, 6.45) is 1.58. The van der Waals surface area contributed by atoms with Crippen molar-refractivity contribution in [3.8, 4) is 0 Å². The van der Waals surface area contributed by atoms with Crippen LogP contribution in [0.1, 0.15) is 6.92 Å². The van der Waals surface area contributed by atoms with E-state index in [1.807, 2.05) is 11.8 Å². The van der Waals surface area contributed by atoms with E-state index in [2.05, 4.69) is 15.1 Å². The van der Waals surface area contributed by atoms with E-state index in [1.165, 1.54) is 11.1 Å². The maximum Gasteiger partial charge on any atom is 0.407 e. The predicted octanol–water partition coefficient (Wildman–Crippen LogP) is -0.0447. The van der Waals surface area contributed by atoms with Crippen molar-refractivity contribution < 1.29 is 18.3 Å². The average molecular weight is 354 g/mol. The quantitative estimate of drug-likeness (QED) is 0.745. The molecule has 0 radical (unpaired) electrons. The van der Waals surface area contributed by atoms with Gasteiger partial charge in [-0.3, -0.25) is 4.68 Å². The van der Waals surface area contributed by atoms with E-state index in [9.17, 15) is 13.2 Å². The van der Waals surface area contributed by atoms with Crippen LogP contribution in [0.4, 0.5) is 10.6 Å². The number of carboxylic acid groups (broad SMARTS) is 1. The number of hydrogen-bond donors (Lipinski definition) is 1. The van der Waals surface area contributed by atoms with Gasteiger partial charge in [-0.05, 0) is 6.92 Å². The third kappa shape index (κ3) is 2.75. The topological polar surface area (TPSA) is 122 Å². The summed E-state index contributed by atoms with van der Waals surface area (Å²) in [5.41, 5.74) is 1.06. The van der Waals surface area contributed by atoms with Gasteiger partial charge in [-0.1, -0.05) is 0 Å². The zero-order chi connectivity index (χ0) is 17.6. The number of carbonyl (C=O) groups is 1. The van der Waals surface area contributed by atoms with E-state index >= 15 is 0 Å². The number of nitrogens with zero attached hydrogens (tertiary/aromatic N) is 6. The van der Waals surface area contributed by atoms with Crippen molar-refractivity contribution in [2.24, 2.45) is 7.05 Å². The van der Waals surface area contributed by atoms with Gasteiger partial charge in [0.25, 0.3) is 0 Å². The highest BCUT2D eigenvalue weighted by molar-refractivity contribution is 7.90. The first kappa shape index (κ1) is 16.4. The Labute approximate surface area is 138 Å². The normalized spacial score (nSPS) is 19.0. The molecule has 0 aromatic carbocycles. The lowest BCUT2D eigenvalue weighted by Crippen LogP contribution is -2.53. The van der Waals surface area contributed by atoms with E-state index in [0.29, 0.717) is 36.5 Å². The standard InChI is InChI=1S/C13H18N6O4S/c1-8-7-18(13(20)21)4-5-19(8)11-10-9(6-14-17(10)2)15-12(16-11)24(3,22)23/h6,8H,4-5,7H2,1-3H3,(H,20,21)/t8-/m0/s1. The Hall–Kier alpha value is -2.43. The summed E-state index contributed by atoms with van der Waals surface area (Å²) in [6.45, 7) is 2.91. The van der Waals surface area contributed by atoms with Crippen molar-refractivity contribution in [3.05, 3.63) is 6.20 Å². The molecule has 1 atom stereocenters. The fourth-order valence-electron chi connectivity index (χ4n) is 2.85. The summed E-state index contributed by atoms with van der Waals surface area (Å²) in [4.78, 5) is 22.7. The number of rotatable bonds is 2. The van der Waals surface area contributed by atoms with Gasteiger partial charge in [0, 0.05) is 39.0 Å². The largest absolute Gasteiger partial charge is 0.465 e. The number of aromatic nitrogens is 4. The lowest BCUT2D eigenvalue weighted by molar-refractivity contribution is 0.136. The summed E-state index contributed by atoms with van der Waals surface area (Å²) in [7, 11) is -1.85. The zero-order valence-electron chi connectivity index (χ0n) is 13.5. The molecule has 0 bridgehead atoms. The smallest absolute Gasteiger partial charge is 0.407 e. The summed E-state index contributed by atoms with van der Waals surface area (Å²) < 4.78 is 25.4. The van der Waals surface area contributed by atoms with Gasteiger partial charge in [0.2, 0.25) is 15.0 Å². The Morgan fingerprint density at radius 3 is 2.62 bits per heavy atom. The molecule has 1 aliphatic heterocycles. The highest BCUT2D eigenvalue weighted by atomic mass is 32.2. The molecule has 1 aliphatic rings. The Morgan fingerprint density at radius 1 is 1.33 bits per heavy atom. The average Bonchev–Trinajstić information content (AvgIpc) is 2.87. The third-order valence-electron chi connectivity index (χ3n) is 4.05. The molecular weight excluding hydrogens is 336 g/mol. The number of piperazine rings is 1. The summed E-state index contributed by atoms with van der Waals surface area (Å²) >= 11 is 0. The van der Waals surface area contributed by atoms with Gasteiger partial charge in [0.15, 0.2) is 5.82 Å². The van der Waals surface area contributed by atoms with Crippen LogP contribution in [-0.4, -0.2) is 76.2 Å². The first-order valence-electron chi connectivity index (χ1n) is 7.33. The lowest BCUT2D eigenvalue weighted by Gasteiger charge is -2.39. The molecule has 1 amide bonds. The fourth-order valence-corrected chi connectivity index (χ4v) is 3.37. The van der Waals surface area contributed by atoms with Crippen LogP contribution in [0.25, 0.3) is 11.0 Å². The minimum absolute atomic E-state index is 0.157. The number of hydrogen-bond acceptors (Lipinski definition) is 7. The Kier molecular flexibility index (Phi) is 3.82. The van der Waals surface area contributed by atoms with Crippen molar-refractivity contribution in [2.45, 2.75) is 18.1 Å². The van der Waals surface area contributed by atoms with E-state index in [4.69, 9.17) is 5.11 Å². The highest BCUT2D eigenvalue weighted by Gasteiger charge is 2.30. The molecule has 1 fully saturated rings. The molecule has 24 heavy (non-hydrogen) atoms. The summed E-state index contributed by atoms with van der Waals surface area (Å²) in [6, 6.07) is -0.157. The first-order valence-corrected chi connectivity index (χ1v) is 9.22. The van der Waals surface area contributed by atoms with Gasteiger partial charge >= 0.3 is 6.09 Å². The molecule has 130 valence electrons. The molecule has 0 saturated carbocycles. The van der Waals surface area contributed by atoms with Gasteiger partial charge in [-0.25, -0.2) is 18.2 Å². The minimum Gasteiger partial charge on any atom is -0.465 e. The predicted molar refractivity (Wildman–Crippen MR) is 85.8 cm³/mol. The van der Waals surface area contributed by atoms with Crippen LogP contribution in [0.2, 0.25) is 0 Å². The summed E-state index contributed by atoms with van der Waals surface area (Å²) in [5, 5.41) is 13.0. The number of sulfone groups is 1. The SMILES string of the molecule is C[C@H]1CN(C(=O)O)CCN1c1nc(S(C)(=O)=O)nc2cnn(C)c12. The van der Waals surface area contributed by atoms with E-state index < -0.39 is 15.9 Å². The summed E-state index contributed by atoms with van der Waals surface area (Å²) in [5.74, 6) is 0.456. The van der Waals surface area contributed by atoms with Gasteiger partial charge in [0.05, 0.1) is 6.20 Å². The molecule has 1 saturated heterocycles. The Bertz CT molecular complexity index is 909. The first-order chi connectivity index (χ1) is 11.2. The number of aryl methyl sites for hydroxylation is 1. The van der Waals surface area contributed by atoms with E-state index in [1.54, 1.807) is 11.7 Å². The van der Waals surface area contributed by atoms with Crippen LogP contribution in [0.3, 0.4) is 0 Å². The molecule has 0 spiro atoms. The molecule has 11 heteroatoms. The van der Waals surface area contributed by atoms with Crippen molar-refractivity contribution in [3.63, 3.8) is 0 Å². The number of amides is 1. The van der Waals surface area contributed by atoms with Gasteiger partial charge < -0.3 is 14.9 Å². The van der Waals surface area contributed by atoms with Crippen molar-refractivity contribution in [1.29, 1.82) is 0 Å². The molecule has 3 heterocycles. The van der Waals surface area contributed by atoms with Crippen LogP contribution in [0, 0.1) is 0 Å². The van der Waals surface area contributed by atoms with E-state index in [-0.39, 0.29) is 11.2 Å². The molecule has 1 N–H and O–H groups in total. The second kappa shape index (κ2) is 5.58. The molecule has 2 aromatic rings. The van der Waals surface area contributed by atoms with Crippen molar-refractivity contribution >= 4 is 32.8 Å². The van der Waals surface area contributed by atoms with Crippen LogP contribution < -0.4 is 4.90 Å². The monoisotopic (exact) mass is 354 g/mol. The van der Waals surface area contributed by atoms with Gasteiger partial charge in [0.1, 0.15) is 11.0 Å². The Balaban J connectivity index is 2.11. The molecule has 3 rings (SSSR count). The second-order valence-corrected chi connectivity index (χ2v) is 7.78. The zero-order valence-corrected chi connectivity index (χ0v) is 14.4.